The number of hydrazone groups is 1. The molecule has 0 aliphatic heterocycles. The first-order valence-corrected chi connectivity index (χ1v) is 7.11. The number of nitro benzene ring substituents is 1. The molecule has 0 saturated carbocycles. The van der Waals surface area contributed by atoms with E-state index in [4.69, 9.17) is 0 Å². The highest BCUT2D eigenvalue weighted by molar-refractivity contribution is 9.10. The quantitative estimate of drug-likeness (QED) is 0.514. The Labute approximate surface area is 135 Å². The van der Waals surface area contributed by atoms with Gasteiger partial charge in [-0.1, -0.05) is 34.1 Å². The number of amides is 1. The van der Waals surface area contributed by atoms with Crippen LogP contribution in [0.4, 0.5) is 5.69 Å². The second-order valence-corrected chi connectivity index (χ2v) is 5.33. The molecule has 2 aromatic carbocycles. The molecule has 7 heteroatoms. The highest BCUT2D eigenvalue weighted by Crippen LogP contribution is 2.18. The van der Waals surface area contributed by atoms with Crippen LogP contribution in [0.2, 0.25) is 0 Å². The minimum Gasteiger partial charge on any atom is -0.267 e. The van der Waals surface area contributed by atoms with E-state index >= 15 is 0 Å². The smallest absolute Gasteiger partial charge is 0.267 e. The van der Waals surface area contributed by atoms with Gasteiger partial charge >= 0.3 is 0 Å². The van der Waals surface area contributed by atoms with Crippen LogP contribution in [0.1, 0.15) is 21.5 Å². The van der Waals surface area contributed by atoms with E-state index in [1.165, 1.54) is 24.4 Å². The summed E-state index contributed by atoms with van der Waals surface area (Å²) in [7, 11) is 0. The van der Waals surface area contributed by atoms with E-state index in [2.05, 4.69) is 26.5 Å². The molecule has 0 unspecified atom stereocenters. The van der Waals surface area contributed by atoms with Gasteiger partial charge in [-0.05, 0) is 25.1 Å². The fourth-order valence-electron chi connectivity index (χ4n) is 1.81. The first kappa shape index (κ1) is 15.8. The Morgan fingerprint density at radius 3 is 2.68 bits per heavy atom. The lowest BCUT2D eigenvalue weighted by Gasteiger charge is -2.02. The van der Waals surface area contributed by atoms with Gasteiger partial charge < -0.3 is 0 Å². The van der Waals surface area contributed by atoms with Crippen molar-refractivity contribution in [1.82, 2.24) is 5.43 Å². The number of benzene rings is 2. The molecule has 6 nitrogen and oxygen atoms in total. The number of hydrogen-bond acceptors (Lipinski definition) is 4. The Morgan fingerprint density at radius 1 is 1.32 bits per heavy atom. The van der Waals surface area contributed by atoms with Crippen molar-refractivity contribution in [3.8, 4) is 0 Å². The average Bonchev–Trinajstić information content (AvgIpc) is 2.48. The summed E-state index contributed by atoms with van der Waals surface area (Å²) in [6.45, 7) is 1.58. The van der Waals surface area contributed by atoms with E-state index in [9.17, 15) is 14.9 Å². The minimum atomic E-state index is -0.484. The maximum atomic E-state index is 11.9. The largest absolute Gasteiger partial charge is 0.272 e. The van der Waals surface area contributed by atoms with Gasteiger partial charge in [-0.25, -0.2) is 5.43 Å². The van der Waals surface area contributed by atoms with Crippen molar-refractivity contribution in [2.45, 2.75) is 6.92 Å². The lowest BCUT2D eigenvalue weighted by atomic mass is 10.1. The fourth-order valence-corrected chi connectivity index (χ4v) is 2.19. The van der Waals surface area contributed by atoms with Crippen molar-refractivity contribution in [1.29, 1.82) is 0 Å². The summed E-state index contributed by atoms with van der Waals surface area (Å²) < 4.78 is 0.860. The number of carbonyl (C=O) groups excluding carboxylic acids is 1. The van der Waals surface area contributed by atoms with E-state index in [-0.39, 0.29) is 5.69 Å². The zero-order chi connectivity index (χ0) is 16.1. The molecule has 22 heavy (non-hydrogen) atoms. The van der Waals surface area contributed by atoms with Gasteiger partial charge in [0.15, 0.2) is 0 Å². The van der Waals surface area contributed by atoms with E-state index in [0.29, 0.717) is 11.1 Å². The molecule has 0 aliphatic carbocycles. The average molecular weight is 362 g/mol. The normalized spacial score (nSPS) is 10.6. The molecule has 0 aliphatic rings. The summed E-state index contributed by atoms with van der Waals surface area (Å²) in [5.74, 6) is -0.429. The van der Waals surface area contributed by atoms with E-state index in [1.54, 1.807) is 6.92 Å². The molecule has 0 radical (unpaired) electrons. The number of nitro groups is 1. The van der Waals surface area contributed by atoms with Crippen molar-refractivity contribution in [2.75, 3.05) is 0 Å². The third kappa shape index (κ3) is 3.76. The van der Waals surface area contributed by atoms with Crippen LogP contribution in [0.5, 0.6) is 0 Å². The van der Waals surface area contributed by atoms with Gasteiger partial charge in [0.2, 0.25) is 0 Å². The number of carbonyl (C=O) groups is 1. The predicted octanol–water partition coefficient (Wildman–Crippen LogP) is 3.43. The molecule has 0 atom stereocenters. The standard InChI is InChI=1S/C15H12BrN3O3/c1-10-8-11(6-7-14(10)19(21)22)15(20)18-17-9-12-4-2-3-5-13(12)16/h2-9H,1H3,(H,18,20). The van der Waals surface area contributed by atoms with Crippen LogP contribution in [-0.2, 0) is 0 Å². The van der Waals surface area contributed by atoms with Crippen LogP contribution in [-0.4, -0.2) is 17.0 Å². The molecule has 0 aromatic heterocycles. The highest BCUT2D eigenvalue weighted by atomic mass is 79.9. The van der Waals surface area contributed by atoms with E-state index < -0.39 is 10.8 Å². The van der Waals surface area contributed by atoms with Crippen LogP contribution in [0.25, 0.3) is 0 Å². The lowest BCUT2D eigenvalue weighted by Crippen LogP contribution is -2.17. The van der Waals surface area contributed by atoms with Crippen molar-refractivity contribution in [3.05, 3.63) is 73.7 Å². The van der Waals surface area contributed by atoms with Gasteiger partial charge in [0.1, 0.15) is 0 Å². The second-order valence-electron chi connectivity index (χ2n) is 4.48. The molecule has 0 bridgehead atoms. The summed E-state index contributed by atoms with van der Waals surface area (Å²) in [5, 5.41) is 14.6. The van der Waals surface area contributed by atoms with Crippen molar-refractivity contribution >= 4 is 33.7 Å². The topological polar surface area (TPSA) is 84.6 Å². The zero-order valence-corrected chi connectivity index (χ0v) is 13.2. The summed E-state index contributed by atoms with van der Waals surface area (Å²) in [6, 6.07) is 11.6. The molecule has 2 aromatic rings. The van der Waals surface area contributed by atoms with E-state index in [1.807, 2.05) is 24.3 Å². The van der Waals surface area contributed by atoms with Crippen molar-refractivity contribution in [3.63, 3.8) is 0 Å². The molecule has 112 valence electrons. The van der Waals surface area contributed by atoms with Crippen LogP contribution in [0.15, 0.2) is 52.0 Å². The van der Waals surface area contributed by atoms with Crippen molar-refractivity contribution < 1.29 is 9.72 Å². The molecule has 1 amide bonds. The Hall–Kier alpha value is -2.54. The van der Waals surface area contributed by atoms with Gasteiger partial charge in [-0.15, -0.1) is 0 Å². The Kier molecular flexibility index (Phi) is 5.00. The Bertz CT molecular complexity index is 759. The molecule has 0 heterocycles. The molecule has 0 saturated heterocycles. The zero-order valence-electron chi connectivity index (χ0n) is 11.6. The third-order valence-electron chi connectivity index (χ3n) is 2.93. The first-order valence-electron chi connectivity index (χ1n) is 6.32. The van der Waals surface area contributed by atoms with Gasteiger partial charge in [0, 0.05) is 27.2 Å². The molecule has 2 rings (SSSR count). The fraction of sp³-hybridized carbons (Fsp3) is 0.0667. The van der Waals surface area contributed by atoms with Crippen LogP contribution in [0.3, 0.4) is 0 Å². The minimum absolute atomic E-state index is 0.0201. The van der Waals surface area contributed by atoms with Gasteiger partial charge in [-0.2, -0.15) is 5.10 Å². The monoisotopic (exact) mass is 361 g/mol. The molecule has 0 spiro atoms. The molecular weight excluding hydrogens is 350 g/mol. The number of aryl methyl sites for hydroxylation is 1. The highest BCUT2D eigenvalue weighted by Gasteiger charge is 2.13. The maximum Gasteiger partial charge on any atom is 0.272 e. The number of hydrogen-bond donors (Lipinski definition) is 1. The summed E-state index contributed by atoms with van der Waals surface area (Å²) in [5.41, 5.74) is 3.93. The van der Waals surface area contributed by atoms with Gasteiger partial charge in [-0.3, -0.25) is 14.9 Å². The molecular formula is C15H12BrN3O3. The van der Waals surface area contributed by atoms with Crippen molar-refractivity contribution in [2.24, 2.45) is 5.10 Å². The third-order valence-corrected chi connectivity index (χ3v) is 3.65. The number of rotatable bonds is 4. The number of nitrogens with zero attached hydrogens (tertiary/aromatic N) is 2. The first-order chi connectivity index (χ1) is 10.5. The molecule has 1 N–H and O–H groups in total. The Morgan fingerprint density at radius 2 is 2.05 bits per heavy atom. The summed E-state index contributed by atoms with van der Waals surface area (Å²) in [4.78, 5) is 22.2. The molecule has 0 fully saturated rings. The Balaban J connectivity index is 2.08. The summed E-state index contributed by atoms with van der Waals surface area (Å²) in [6.07, 6.45) is 1.51. The summed E-state index contributed by atoms with van der Waals surface area (Å²) >= 11 is 3.37. The number of halogens is 1. The van der Waals surface area contributed by atoms with Crippen LogP contribution >= 0.6 is 15.9 Å². The second kappa shape index (κ2) is 6.95. The lowest BCUT2D eigenvalue weighted by molar-refractivity contribution is -0.385. The SMILES string of the molecule is Cc1cc(C(=O)NN=Cc2ccccc2Br)ccc1[N+](=O)[O-]. The van der Waals surface area contributed by atoms with Crippen LogP contribution < -0.4 is 5.43 Å². The van der Waals surface area contributed by atoms with Gasteiger partial charge in [0.05, 0.1) is 11.1 Å². The number of nitrogens with one attached hydrogen (secondary N) is 1. The predicted molar refractivity (Wildman–Crippen MR) is 87.0 cm³/mol. The van der Waals surface area contributed by atoms with Gasteiger partial charge in [0.25, 0.3) is 11.6 Å². The van der Waals surface area contributed by atoms with E-state index in [0.717, 1.165) is 10.0 Å². The van der Waals surface area contributed by atoms with Crippen LogP contribution in [0, 0.1) is 17.0 Å². The maximum absolute atomic E-state index is 11.9.